The maximum atomic E-state index is 12.2. The standard InChI is InChI=1S/C18H20N2O3/c1-10-8-11(2)16(13(4)12(10)3)20-18(23)19-15-7-5-6-14(9-15)17(21)22/h5-9H,1-4H3,(H,21,22)(H2,19,20,23). The van der Waals surface area contributed by atoms with Crippen LogP contribution in [0.5, 0.6) is 0 Å². The SMILES string of the molecule is Cc1cc(C)c(NC(=O)Nc2cccc(C(=O)O)c2)c(C)c1C. The number of amides is 2. The van der Waals surface area contributed by atoms with Gasteiger partial charge in [0.05, 0.1) is 5.56 Å². The van der Waals surface area contributed by atoms with Gasteiger partial charge in [-0.3, -0.25) is 0 Å². The van der Waals surface area contributed by atoms with Crippen LogP contribution in [0.4, 0.5) is 16.2 Å². The number of carbonyl (C=O) groups is 2. The van der Waals surface area contributed by atoms with Crippen LogP contribution in [-0.4, -0.2) is 17.1 Å². The first kappa shape index (κ1) is 16.5. The van der Waals surface area contributed by atoms with Gasteiger partial charge in [0, 0.05) is 11.4 Å². The Morgan fingerprint density at radius 1 is 0.913 bits per heavy atom. The summed E-state index contributed by atoms with van der Waals surface area (Å²) in [5.74, 6) is -1.03. The van der Waals surface area contributed by atoms with Crippen LogP contribution < -0.4 is 10.6 Å². The number of hydrogen-bond donors (Lipinski definition) is 3. The molecular weight excluding hydrogens is 292 g/mol. The molecule has 0 unspecified atom stereocenters. The molecule has 0 atom stereocenters. The first-order chi connectivity index (χ1) is 10.8. The predicted octanol–water partition coefficient (Wildman–Crippen LogP) is 4.26. The Morgan fingerprint density at radius 2 is 1.61 bits per heavy atom. The molecule has 5 nitrogen and oxygen atoms in total. The Morgan fingerprint density at radius 3 is 2.26 bits per heavy atom. The largest absolute Gasteiger partial charge is 0.478 e. The summed E-state index contributed by atoms with van der Waals surface area (Å²) in [6.07, 6.45) is 0. The van der Waals surface area contributed by atoms with Crippen molar-refractivity contribution in [3.8, 4) is 0 Å². The molecular formula is C18H20N2O3. The number of carboxylic acids is 1. The molecule has 0 saturated carbocycles. The number of rotatable bonds is 3. The van der Waals surface area contributed by atoms with E-state index in [1.54, 1.807) is 12.1 Å². The number of nitrogens with one attached hydrogen (secondary N) is 2. The van der Waals surface area contributed by atoms with Crippen LogP contribution >= 0.6 is 0 Å². The minimum atomic E-state index is -1.03. The molecule has 0 spiro atoms. The Bertz CT molecular complexity index is 782. The summed E-state index contributed by atoms with van der Waals surface area (Å²) in [5, 5.41) is 14.5. The third kappa shape index (κ3) is 3.69. The highest BCUT2D eigenvalue weighted by Crippen LogP contribution is 2.26. The zero-order valence-corrected chi connectivity index (χ0v) is 13.7. The van der Waals surface area contributed by atoms with E-state index in [-0.39, 0.29) is 5.56 Å². The van der Waals surface area contributed by atoms with Crippen LogP contribution in [-0.2, 0) is 0 Å². The van der Waals surface area contributed by atoms with Gasteiger partial charge in [0.25, 0.3) is 0 Å². The summed E-state index contributed by atoms with van der Waals surface area (Å²) in [5.41, 5.74) is 5.67. The molecule has 120 valence electrons. The molecule has 0 heterocycles. The third-order valence-corrected chi connectivity index (χ3v) is 3.96. The van der Waals surface area contributed by atoms with E-state index in [9.17, 15) is 9.59 Å². The van der Waals surface area contributed by atoms with E-state index in [0.717, 1.165) is 22.4 Å². The van der Waals surface area contributed by atoms with E-state index >= 15 is 0 Å². The van der Waals surface area contributed by atoms with E-state index in [1.165, 1.54) is 17.7 Å². The van der Waals surface area contributed by atoms with Gasteiger partial charge in [-0.25, -0.2) is 9.59 Å². The second kappa shape index (κ2) is 6.52. The average Bonchev–Trinajstić information content (AvgIpc) is 2.49. The molecule has 0 bridgehead atoms. The van der Waals surface area contributed by atoms with Gasteiger partial charge in [0.2, 0.25) is 0 Å². The minimum Gasteiger partial charge on any atom is -0.478 e. The molecule has 0 radical (unpaired) electrons. The first-order valence-electron chi connectivity index (χ1n) is 7.28. The van der Waals surface area contributed by atoms with E-state index in [1.807, 2.05) is 33.8 Å². The molecule has 23 heavy (non-hydrogen) atoms. The Hall–Kier alpha value is -2.82. The van der Waals surface area contributed by atoms with Gasteiger partial charge in [0.1, 0.15) is 0 Å². The van der Waals surface area contributed by atoms with Crippen molar-refractivity contribution >= 4 is 23.4 Å². The lowest BCUT2D eigenvalue weighted by molar-refractivity contribution is 0.0697. The van der Waals surface area contributed by atoms with Crippen LogP contribution in [0.25, 0.3) is 0 Å². The number of hydrogen-bond acceptors (Lipinski definition) is 2. The topological polar surface area (TPSA) is 78.4 Å². The minimum absolute atomic E-state index is 0.126. The van der Waals surface area contributed by atoms with Crippen molar-refractivity contribution in [1.29, 1.82) is 0 Å². The smallest absolute Gasteiger partial charge is 0.335 e. The maximum Gasteiger partial charge on any atom is 0.335 e. The number of benzene rings is 2. The molecule has 0 aliphatic carbocycles. The monoisotopic (exact) mass is 312 g/mol. The van der Waals surface area contributed by atoms with E-state index in [4.69, 9.17) is 5.11 Å². The number of urea groups is 1. The van der Waals surface area contributed by atoms with Crippen molar-refractivity contribution in [2.45, 2.75) is 27.7 Å². The van der Waals surface area contributed by atoms with Crippen molar-refractivity contribution in [2.75, 3.05) is 10.6 Å². The lowest BCUT2D eigenvalue weighted by atomic mass is 9.98. The number of aryl methyl sites for hydroxylation is 2. The molecule has 2 aromatic rings. The lowest BCUT2D eigenvalue weighted by Gasteiger charge is -2.16. The van der Waals surface area contributed by atoms with Gasteiger partial charge in [-0.15, -0.1) is 0 Å². The Balaban J connectivity index is 2.19. The van der Waals surface area contributed by atoms with Gasteiger partial charge in [0.15, 0.2) is 0 Å². The van der Waals surface area contributed by atoms with Crippen LogP contribution in [0.1, 0.15) is 32.6 Å². The molecule has 2 rings (SSSR count). The van der Waals surface area contributed by atoms with Crippen LogP contribution in [0.15, 0.2) is 30.3 Å². The van der Waals surface area contributed by atoms with Crippen molar-refractivity contribution < 1.29 is 14.7 Å². The summed E-state index contributed by atoms with van der Waals surface area (Å²) in [6, 6.07) is 7.76. The number of carboxylic acid groups (broad SMARTS) is 1. The van der Waals surface area contributed by atoms with Crippen molar-refractivity contribution in [3.05, 3.63) is 58.1 Å². The fraction of sp³-hybridized carbons (Fsp3) is 0.222. The zero-order valence-electron chi connectivity index (χ0n) is 13.7. The predicted molar refractivity (Wildman–Crippen MR) is 91.4 cm³/mol. The van der Waals surface area contributed by atoms with Crippen LogP contribution in [0.2, 0.25) is 0 Å². The number of aromatic carboxylic acids is 1. The van der Waals surface area contributed by atoms with Gasteiger partial charge in [-0.2, -0.15) is 0 Å². The van der Waals surface area contributed by atoms with Gasteiger partial charge < -0.3 is 15.7 Å². The highest BCUT2D eigenvalue weighted by molar-refractivity contribution is 6.01. The lowest BCUT2D eigenvalue weighted by Crippen LogP contribution is -2.21. The molecule has 0 fully saturated rings. The molecule has 2 aromatic carbocycles. The first-order valence-corrected chi connectivity index (χ1v) is 7.28. The van der Waals surface area contributed by atoms with E-state index in [2.05, 4.69) is 10.6 Å². The highest BCUT2D eigenvalue weighted by Gasteiger charge is 2.12. The molecule has 0 aliphatic rings. The number of anilines is 2. The molecule has 3 N–H and O–H groups in total. The van der Waals surface area contributed by atoms with E-state index < -0.39 is 12.0 Å². The van der Waals surface area contributed by atoms with Gasteiger partial charge in [-0.1, -0.05) is 12.1 Å². The molecule has 0 saturated heterocycles. The van der Waals surface area contributed by atoms with Crippen molar-refractivity contribution in [2.24, 2.45) is 0 Å². The van der Waals surface area contributed by atoms with Crippen molar-refractivity contribution in [1.82, 2.24) is 0 Å². The third-order valence-electron chi connectivity index (χ3n) is 3.96. The highest BCUT2D eigenvalue weighted by atomic mass is 16.4. The zero-order chi connectivity index (χ0) is 17.1. The summed E-state index contributed by atoms with van der Waals surface area (Å²) < 4.78 is 0. The van der Waals surface area contributed by atoms with E-state index in [0.29, 0.717) is 5.69 Å². The fourth-order valence-electron chi connectivity index (χ4n) is 2.48. The molecule has 0 aromatic heterocycles. The van der Waals surface area contributed by atoms with Crippen molar-refractivity contribution in [3.63, 3.8) is 0 Å². The number of carbonyl (C=O) groups excluding carboxylic acids is 1. The van der Waals surface area contributed by atoms with Gasteiger partial charge >= 0.3 is 12.0 Å². The second-order valence-corrected chi connectivity index (χ2v) is 5.60. The maximum absolute atomic E-state index is 12.2. The average molecular weight is 312 g/mol. The molecule has 0 aliphatic heterocycles. The quantitative estimate of drug-likeness (QED) is 0.792. The second-order valence-electron chi connectivity index (χ2n) is 5.60. The summed E-state index contributed by atoms with van der Waals surface area (Å²) in [6.45, 7) is 7.97. The molecule has 5 heteroatoms. The normalized spacial score (nSPS) is 10.3. The summed E-state index contributed by atoms with van der Waals surface area (Å²) >= 11 is 0. The van der Waals surface area contributed by atoms with Crippen LogP contribution in [0, 0.1) is 27.7 Å². The summed E-state index contributed by atoms with van der Waals surface area (Å²) in [7, 11) is 0. The summed E-state index contributed by atoms with van der Waals surface area (Å²) in [4.78, 5) is 23.2. The van der Waals surface area contributed by atoms with Crippen LogP contribution in [0.3, 0.4) is 0 Å². The fourth-order valence-corrected chi connectivity index (χ4v) is 2.48. The van der Waals surface area contributed by atoms with Gasteiger partial charge in [-0.05, 0) is 68.1 Å². The molecule has 2 amide bonds. The Labute approximate surface area is 135 Å². The Kier molecular flexibility index (Phi) is 4.69.